The van der Waals surface area contributed by atoms with Crippen LogP contribution in [0.2, 0.25) is 0 Å². The van der Waals surface area contributed by atoms with E-state index in [-0.39, 0.29) is 5.89 Å². The molecular weight excluding hydrogens is 401 g/mol. The third-order valence-electron chi connectivity index (χ3n) is 5.52. The number of aliphatic hydroxyl groups is 1. The number of alkyl halides is 3. The highest BCUT2D eigenvalue weighted by Gasteiger charge is 2.44. The molecule has 1 aliphatic heterocycles. The summed E-state index contributed by atoms with van der Waals surface area (Å²) in [5.74, 6) is 0.893. The highest BCUT2D eigenvalue weighted by molar-refractivity contribution is 5.75. The predicted molar refractivity (Wildman–Crippen MR) is 102 cm³/mol. The first-order chi connectivity index (χ1) is 14.1. The molecule has 3 aromatic rings. The van der Waals surface area contributed by atoms with Crippen LogP contribution in [0, 0.1) is 6.92 Å². The van der Waals surface area contributed by atoms with Gasteiger partial charge in [-0.25, -0.2) is 0 Å². The lowest BCUT2D eigenvalue weighted by Crippen LogP contribution is -2.37. The number of hydrogen-bond donors (Lipinski definition) is 3. The van der Waals surface area contributed by atoms with E-state index in [0.717, 1.165) is 17.8 Å². The fraction of sp³-hybridized carbons (Fsp3) is 0.421. The van der Waals surface area contributed by atoms with Gasteiger partial charge in [-0.05, 0) is 51.1 Å². The van der Waals surface area contributed by atoms with Crippen molar-refractivity contribution in [3.8, 4) is 11.5 Å². The van der Waals surface area contributed by atoms with Gasteiger partial charge in [-0.1, -0.05) is 0 Å². The molecule has 0 spiro atoms. The van der Waals surface area contributed by atoms with Crippen molar-refractivity contribution in [2.75, 3.05) is 11.9 Å². The van der Waals surface area contributed by atoms with Gasteiger partial charge in [0.05, 0.1) is 11.0 Å². The lowest BCUT2D eigenvalue weighted by molar-refractivity contribution is -0.137. The first kappa shape index (κ1) is 20.4. The lowest BCUT2D eigenvalue weighted by Gasteiger charge is -2.22. The second-order valence-corrected chi connectivity index (χ2v) is 7.57. The van der Waals surface area contributed by atoms with E-state index in [1.54, 1.807) is 11.7 Å². The molecule has 30 heavy (non-hydrogen) atoms. The SMILES string of the molecule is Cc1c(-c2nnc(C3(C)CCNC3O)o2)c(Nc2ccc(C(F)(F)F)cc2)nn1C. The van der Waals surface area contributed by atoms with Crippen molar-refractivity contribution >= 4 is 11.5 Å². The Morgan fingerprint density at radius 1 is 1.27 bits per heavy atom. The monoisotopic (exact) mass is 422 g/mol. The maximum absolute atomic E-state index is 12.8. The molecule has 3 N–H and O–H groups in total. The van der Waals surface area contributed by atoms with Gasteiger partial charge >= 0.3 is 6.18 Å². The average molecular weight is 422 g/mol. The highest BCUT2D eigenvalue weighted by Crippen LogP contribution is 2.37. The van der Waals surface area contributed by atoms with Crippen LogP contribution in [-0.4, -0.2) is 37.9 Å². The molecule has 0 amide bonds. The summed E-state index contributed by atoms with van der Waals surface area (Å²) in [5.41, 5.74) is 0.270. The Hall–Kier alpha value is -2.92. The zero-order valence-electron chi connectivity index (χ0n) is 16.6. The minimum atomic E-state index is -4.40. The van der Waals surface area contributed by atoms with Gasteiger partial charge in [0, 0.05) is 18.4 Å². The van der Waals surface area contributed by atoms with Crippen LogP contribution in [0.1, 0.15) is 30.5 Å². The van der Waals surface area contributed by atoms with Gasteiger partial charge in [0.2, 0.25) is 5.89 Å². The molecule has 0 radical (unpaired) electrons. The minimum absolute atomic E-state index is 0.213. The Kier molecular flexibility index (Phi) is 4.82. The molecule has 3 heterocycles. The topological polar surface area (TPSA) is 101 Å². The molecule has 160 valence electrons. The molecule has 0 aliphatic carbocycles. The van der Waals surface area contributed by atoms with E-state index < -0.39 is 23.4 Å². The predicted octanol–water partition coefficient (Wildman–Crippen LogP) is 3.11. The molecule has 1 saturated heterocycles. The molecule has 2 atom stereocenters. The van der Waals surface area contributed by atoms with Crippen molar-refractivity contribution in [3.63, 3.8) is 0 Å². The van der Waals surface area contributed by atoms with Crippen LogP contribution >= 0.6 is 0 Å². The smallest absolute Gasteiger partial charge is 0.416 e. The first-order valence-corrected chi connectivity index (χ1v) is 9.33. The van der Waals surface area contributed by atoms with Crippen molar-refractivity contribution in [2.45, 2.75) is 38.1 Å². The number of anilines is 2. The number of benzene rings is 1. The molecule has 0 bridgehead atoms. The fourth-order valence-electron chi connectivity index (χ4n) is 3.44. The Balaban J connectivity index is 1.66. The van der Waals surface area contributed by atoms with E-state index in [0.29, 0.717) is 35.9 Å². The van der Waals surface area contributed by atoms with E-state index in [1.807, 2.05) is 13.8 Å². The summed E-state index contributed by atoms with van der Waals surface area (Å²) < 4.78 is 45.9. The third kappa shape index (κ3) is 3.43. The summed E-state index contributed by atoms with van der Waals surface area (Å²) in [4.78, 5) is 0. The molecule has 4 rings (SSSR count). The largest absolute Gasteiger partial charge is 0.420 e. The van der Waals surface area contributed by atoms with Crippen molar-refractivity contribution in [1.29, 1.82) is 0 Å². The summed E-state index contributed by atoms with van der Waals surface area (Å²) in [7, 11) is 1.74. The van der Waals surface area contributed by atoms with E-state index >= 15 is 0 Å². The Labute approximate surface area is 170 Å². The number of halogens is 3. The van der Waals surface area contributed by atoms with Crippen molar-refractivity contribution in [2.24, 2.45) is 7.05 Å². The maximum atomic E-state index is 12.8. The first-order valence-electron chi connectivity index (χ1n) is 9.33. The fourth-order valence-corrected chi connectivity index (χ4v) is 3.44. The van der Waals surface area contributed by atoms with Crippen molar-refractivity contribution in [3.05, 3.63) is 41.4 Å². The lowest BCUT2D eigenvalue weighted by atomic mass is 9.88. The molecule has 1 aliphatic rings. The number of nitrogens with zero attached hydrogens (tertiary/aromatic N) is 4. The standard InChI is InChI=1S/C19H21F3N6O2/c1-10-13(15-25-26-17(30-15)18(2)8-9-23-16(18)29)14(27-28(10)3)24-12-6-4-11(5-7-12)19(20,21)22/h4-7,16,23,29H,8-9H2,1-3H3,(H,24,27). The number of nitrogens with one attached hydrogen (secondary N) is 2. The molecule has 2 aromatic heterocycles. The van der Waals surface area contributed by atoms with Crippen LogP contribution < -0.4 is 10.6 Å². The second-order valence-electron chi connectivity index (χ2n) is 7.57. The molecule has 0 saturated carbocycles. The van der Waals surface area contributed by atoms with Crippen molar-refractivity contribution in [1.82, 2.24) is 25.3 Å². The van der Waals surface area contributed by atoms with E-state index in [9.17, 15) is 18.3 Å². The number of aromatic nitrogens is 4. The number of aliphatic hydroxyl groups excluding tert-OH is 1. The third-order valence-corrected chi connectivity index (χ3v) is 5.52. The molecule has 1 fully saturated rings. The van der Waals surface area contributed by atoms with Gasteiger partial charge in [-0.2, -0.15) is 18.3 Å². The van der Waals surface area contributed by atoms with Crippen LogP contribution in [-0.2, 0) is 18.6 Å². The Morgan fingerprint density at radius 2 is 1.97 bits per heavy atom. The van der Waals surface area contributed by atoms with Gasteiger partial charge < -0.3 is 14.8 Å². The van der Waals surface area contributed by atoms with E-state index in [4.69, 9.17) is 4.42 Å². The quantitative estimate of drug-likeness (QED) is 0.594. The van der Waals surface area contributed by atoms with Crippen LogP contribution in [0.4, 0.5) is 24.7 Å². The van der Waals surface area contributed by atoms with Gasteiger partial charge in [-0.15, -0.1) is 10.2 Å². The maximum Gasteiger partial charge on any atom is 0.416 e. The summed E-state index contributed by atoms with van der Waals surface area (Å²) in [6.07, 6.45) is -4.56. The molecule has 1 aromatic carbocycles. The normalized spacial score (nSPS) is 21.9. The summed E-state index contributed by atoms with van der Waals surface area (Å²) in [5, 5.41) is 28.8. The summed E-state index contributed by atoms with van der Waals surface area (Å²) >= 11 is 0. The van der Waals surface area contributed by atoms with Gasteiger partial charge in [0.25, 0.3) is 5.89 Å². The zero-order valence-corrected chi connectivity index (χ0v) is 16.6. The van der Waals surface area contributed by atoms with Crippen molar-refractivity contribution < 1.29 is 22.7 Å². The highest BCUT2D eigenvalue weighted by atomic mass is 19.4. The van der Waals surface area contributed by atoms with Gasteiger partial charge in [0.15, 0.2) is 5.82 Å². The molecule has 8 nitrogen and oxygen atoms in total. The zero-order chi connectivity index (χ0) is 21.7. The Bertz CT molecular complexity index is 1060. The van der Waals surface area contributed by atoms with Gasteiger partial charge in [0.1, 0.15) is 11.8 Å². The van der Waals surface area contributed by atoms with Crippen LogP contribution in [0.15, 0.2) is 28.7 Å². The number of rotatable bonds is 4. The molecular formula is C19H21F3N6O2. The molecule has 11 heteroatoms. The van der Waals surface area contributed by atoms with Crippen LogP contribution in [0.25, 0.3) is 11.5 Å². The van der Waals surface area contributed by atoms with E-state index in [2.05, 4.69) is 25.9 Å². The minimum Gasteiger partial charge on any atom is -0.420 e. The molecule has 2 unspecified atom stereocenters. The average Bonchev–Trinajstić information content (AvgIpc) is 3.36. The second kappa shape index (κ2) is 7.10. The summed E-state index contributed by atoms with van der Waals surface area (Å²) in [6.45, 7) is 4.28. The number of aryl methyl sites for hydroxylation is 1. The van der Waals surface area contributed by atoms with E-state index in [1.165, 1.54) is 12.1 Å². The van der Waals surface area contributed by atoms with Crippen LogP contribution in [0.5, 0.6) is 0 Å². The summed E-state index contributed by atoms with van der Waals surface area (Å²) in [6, 6.07) is 4.66. The Morgan fingerprint density at radius 3 is 2.57 bits per heavy atom. The van der Waals surface area contributed by atoms with Gasteiger partial charge in [-0.3, -0.25) is 10.00 Å². The number of hydrogen-bond acceptors (Lipinski definition) is 7. The van der Waals surface area contributed by atoms with Crippen LogP contribution in [0.3, 0.4) is 0 Å².